The molecule has 2 heterocycles. The number of hydrogen-bond donors (Lipinski definition) is 4. The maximum atomic E-state index is 11.8. The van der Waals surface area contributed by atoms with Crippen molar-refractivity contribution in [2.45, 2.75) is 24.9 Å². The van der Waals surface area contributed by atoms with Gasteiger partial charge in [0.15, 0.2) is 11.8 Å². The molecular weight excluding hydrogens is 254 g/mol. The second-order valence-electron chi connectivity index (χ2n) is 4.13. The largest absolute Gasteiger partial charge is 0.394 e. The van der Waals surface area contributed by atoms with E-state index in [1.807, 2.05) is 0 Å². The first kappa shape index (κ1) is 13.5. The van der Waals surface area contributed by atoms with Crippen LogP contribution in [0.1, 0.15) is 12.6 Å². The molecule has 1 saturated heterocycles. The number of aromatic nitrogens is 2. The van der Waals surface area contributed by atoms with Crippen LogP contribution in [0, 0.1) is 0 Å². The van der Waals surface area contributed by atoms with Crippen molar-refractivity contribution in [3.63, 3.8) is 0 Å². The Hall–Kier alpha value is -1.97. The van der Waals surface area contributed by atoms with E-state index in [2.05, 4.69) is 9.98 Å². The molecule has 1 aromatic heterocycles. The lowest BCUT2D eigenvalue weighted by atomic mass is 10.2. The lowest BCUT2D eigenvalue weighted by molar-refractivity contribution is -0.0458. The van der Waals surface area contributed by atoms with Gasteiger partial charge in [0.05, 0.1) is 12.7 Å². The molecule has 9 nitrogen and oxygen atoms in total. The Morgan fingerprint density at radius 3 is 2.89 bits per heavy atom. The number of guanidine groups is 1. The van der Waals surface area contributed by atoms with E-state index < -0.39 is 24.1 Å². The van der Waals surface area contributed by atoms with Gasteiger partial charge >= 0.3 is 5.69 Å². The molecule has 6 N–H and O–H groups in total. The van der Waals surface area contributed by atoms with Crippen LogP contribution < -0.4 is 17.2 Å². The summed E-state index contributed by atoms with van der Waals surface area (Å²) in [6, 6.07) is 1.45. The fraction of sp³-hybridized carbons (Fsp3) is 0.500. The van der Waals surface area contributed by atoms with Crippen LogP contribution in [0.15, 0.2) is 22.1 Å². The SMILES string of the molecule is NC(N)=Nc1ccn([C@H]2CC(O)[C@@H](CO)O2)c(=O)n1. The number of nitrogens with zero attached hydrogens (tertiary/aromatic N) is 3. The van der Waals surface area contributed by atoms with Crippen molar-refractivity contribution >= 4 is 11.8 Å². The van der Waals surface area contributed by atoms with Crippen LogP contribution in [0.4, 0.5) is 5.82 Å². The Balaban J connectivity index is 2.23. The van der Waals surface area contributed by atoms with Crippen molar-refractivity contribution < 1.29 is 14.9 Å². The molecule has 3 atom stereocenters. The van der Waals surface area contributed by atoms with Crippen molar-refractivity contribution in [2.75, 3.05) is 6.61 Å². The quantitative estimate of drug-likeness (QED) is 0.359. The van der Waals surface area contributed by atoms with E-state index in [0.29, 0.717) is 0 Å². The molecule has 0 radical (unpaired) electrons. The van der Waals surface area contributed by atoms with Crippen molar-refractivity contribution in [3.05, 3.63) is 22.7 Å². The zero-order valence-corrected chi connectivity index (χ0v) is 10.0. The summed E-state index contributed by atoms with van der Waals surface area (Å²) in [5, 5.41) is 18.6. The zero-order valence-electron chi connectivity index (χ0n) is 10.0. The number of nitrogens with two attached hydrogens (primary N) is 2. The van der Waals surface area contributed by atoms with E-state index >= 15 is 0 Å². The minimum Gasteiger partial charge on any atom is -0.394 e. The van der Waals surface area contributed by atoms with Gasteiger partial charge in [0, 0.05) is 12.6 Å². The molecule has 19 heavy (non-hydrogen) atoms. The Labute approximate surface area is 108 Å². The second-order valence-corrected chi connectivity index (χ2v) is 4.13. The Morgan fingerprint density at radius 1 is 1.63 bits per heavy atom. The highest BCUT2D eigenvalue weighted by atomic mass is 16.5. The van der Waals surface area contributed by atoms with Crippen LogP contribution in [0.2, 0.25) is 0 Å². The molecule has 9 heteroatoms. The standard InChI is InChI=1S/C10H15N5O4/c11-9(12)13-7-1-2-15(10(18)14-7)8-3-5(17)6(4-16)19-8/h1-2,5-6,8,16-17H,3-4H2,(H4,11,12,13,14,18)/t5?,6-,8-/m1/s1. The molecule has 0 aliphatic carbocycles. The average Bonchev–Trinajstić information content (AvgIpc) is 2.69. The molecule has 1 aliphatic rings. The summed E-state index contributed by atoms with van der Waals surface area (Å²) >= 11 is 0. The number of ether oxygens (including phenoxy) is 1. The van der Waals surface area contributed by atoms with Crippen molar-refractivity contribution in [1.29, 1.82) is 0 Å². The molecule has 1 aromatic rings. The molecule has 0 bridgehead atoms. The van der Waals surface area contributed by atoms with E-state index in [1.54, 1.807) is 0 Å². The Bertz CT molecular complexity index is 539. The fourth-order valence-electron chi connectivity index (χ4n) is 1.87. The minimum absolute atomic E-state index is 0.0958. The smallest absolute Gasteiger partial charge is 0.351 e. The lowest BCUT2D eigenvalue weighted by Crippen LogP contribution is -2.27. The van der Waals surface area contributed by atoms with Crippen LogP contribution in [-0.2, 0) is 4.74 Å². The maximum absolute atomic E-state index is 11.8. The molecule has 1 aliphatic heterocycles. The fourth-order valence-corrected chi connectivity index (χ4v) is 1.87. The normalized spacial score (nSPS) is 26.3. The highest BCUT2D eigenvalue weighted by Crippen LogP contribution is 2.27. The molecule has 0 aromatic carbocycles. The van der Waals surface area contributed by atoms with E-state index in [9.17, 15) is 9.90 Å². The summed E-state index contributed by atoms with van der Waals surface area (Å²) in [5.74, 6) is -0.101. The number of rotatable bonds is 3. The lowest BCUT2D eigenvalue weighted by Gasteiger charge is -2.13. The van der Waals surface area contributed by atoms with Gasteiger partial charge in [0.1, 0.15) is 12.3 Å². The van der Waals surface area contributed by atoms with Gasteiger partial charge in [-0.2, -0.15) is 9.98 Å². The predicted octanol–water partition coefficient (Wildman–Crippen LogP) is -2.21. The van der Waals surface area contributed by atoms with Gasteiger partial charge < -0.3 is 26.4 Å². The van der Waals surface area contributed by atoms with Gasteiger partial charge in [-0.15, -0.1) is 0 Å². The van der Waals surface area contributed by atoms with Crippen LogP contribution in [-0.4, -0.2) is 44.5 Å². The molecule has 0 saturated carbocycles. The third-order valence-corrected chi connectivity index (χ3v) is 2.75. The molecule has 0 amide bonds. The van der Waals surface area contributed by atoms with Crippen LogP contribution in [0.25, 0.3) is 0 Å². The van der Waals surface area contributed by atoms with Crippen molar-refractivity contribution in [1.82, 2.24) is 9.55 Å². The van der Waals surface area contributed by atoms with Gasteiger partial charge in [-0.1, -0.05) is 0 Å². The van der Waals surface area contributed by atoms with Gasteiger partial charge in [0.25, 0.3) is 0 Å². The molecule has 1 fully saturated rings. The summed E-state index contributed by atoms with van der Waals surface area (Å²) in [7, 11) is 0. The summed E-state index contributed by atoms with van der Waals surface area (Å²) in [6.45, 7) is -0.314. The molecule has 104 valence electrons. The summed E-state index contributed by atoms with van der Waals surface area (Å²) in [4.78, 5) is 19.1. The molecule has 2 rings (SSSR count). The monoisotopic (exact) mass is 269 g/mol. The molecular formula is C10H15N5O4. The first-order chi connectivity index (χ1) is 9.01. The number of aliphatic imine (C=N–C) groups is 1. The van der Waals surface area contributed by atoms with Gasteiger partial charge in [0.2, 0.25) is 0 Å². The topological polar surface area (TPSA) is 149 Å². The molecule has 1 unspecified atom stereocenters. The maximum Gasteiger partial charge on any atom is 0.351 e. The first-order valence-corrected chi connectivity index (χ1v) is 5.64. The van der Waals surface area contributed by atoms with E-state index in [0.717, 1.165) is 0 Å². The van der Waals surface area contributed by atoms with Gasteiger partial charge in [-0.05, 0) is 6.07 Å². The zero-order chi connectivity index (χ0) is 14.0. The van der Waals surface area contributed by atoms with E-state index in [4.69, 9.17) is 21.3 Å². The van der Waals surface area contributed by atoms with Crippen LogP contribution >= 0.6 is 0 Å². The predicted molar refractivity (Wildman–Crippen MR) is 65.6 cm³/mol. The first-order valence-electron chi connectivity index (χ1n) is 5.64. The Morgan fingerprint density at radius 2 is 2.37 bits per heavy atom. The average molecular weight is 269 g/mol. The summed E-state index contributed by atoms with van der Waals surface area (Å²) < 4.78 is 6.56. The molecule has 0 spiro atoms. The van der Waals surface area contributed by atoms with E-state index in [-0.39, 0.29) is 24.8 Å². The number of aliphatic hydroxyl groups is 2. The van der Waals surface area contributed by atoms with Crippen LogP contribution in [0.5, 0.6) is 0 Å². The Kier molecular flexibility index (Phi) is 3.79. The van der Waals surface area contributed by atoms with E-state index in [1.165, 1.54) is 16.8 Å². The number of aliphatic hydroxyl groups excluding tert-OH is 2. The van der Waals surface area contributed by atoms with Gasteiger partial charge in [-0.25, -0.2) is 4.79 Å². The third-order valence-electron chi connectivity index (χ3n) is 2.75. The second kappa shape index (κ2) is 5.34. The highest BCUT2D eigenvalue weighted by Gasteiger charge is 2.34. The highest BCUT2D eigenvalue weighted by molar-refractivity contribution is 5.78. The summed E-state index contributed by atoms with van der Waals surface area (Å²) in [6.07, 6.45) is -0.558. The van der Waals surface area contributed by atoms with Crippen molar-refractivity contribution in [3.8, 4) is 0 Å². The van der Waals surface area contributed by atoms with Crippen LogP contribution in [0.3, 0.4) is 0 Å². The number of hydrogen-bond acceptors (Lipinski definition) is 6. The third kappa shape index (κ3) is 2.89. The minimum atomic E-state index is -0.820. The van der Waals surface area contributed by atoms with Gasteiger partial charge in [-0.3, -0.25) is 4.57 Å². The summed E-state index contributed by atoms with van der Waals surface area (Å²) in [5.41, 5.74) is 9.77. The van der Waals surface area contributed by atoms with Crippen molar-refractivity contribution in [2.24, 2.45) is 16.5 Å².